The van der Waals surface area contributed by atoms with E-state index in [4.69, 9.17) is 11.6 Å². The highest BCUT2D eigenvalue weighted by molar-refractivity contribution is 7.92. The Balaban J connectivity index is 1.67. The zero-order valence-electron chi connectivity index (χ0n) is 15.7. The normalized spacial score (nSPS) is 15.4. The van der Waals surface area contributed by atoms with Crippen LogP contribution in [0.4, 0.5) is 5.69 Å². The maximum Gasteiger partial charge on any atom is 0.264 e. The summed E-state index contributed by atoms with van der Waals surface area (Å²) in [6.07, 6.45) is 3.68. The number of halogens is 1. The summed E-state index contributed by atoms with van der Waals surface area (Å²) in [6.45, 7) is 3.50. The number of hydrogen-bond donors (Lipinski definition) is 1. The summed E-state index contributed by atoms with van der Waals surface area (Å²) in [5, 5.41) is 5.11. The van der Waals surface area contributed by atoms with Gasteiger partial charge in [-0.2, -0.15) is 0 Å². The first-order chi connectivity index (χ1) is 13.4. The molecule has 1 aromatic heterocycles. The fourth-order valence-electron chi connectivity index (χ4n) is 3.21. The standard InChI is InChI=1S/C19H24ClN3O3S2/c1-22(28(25,26)16-7-5-15(20)6-8-16)17-9-14-27-18(17)19(24)21-10-13-23-11-3-2-4-12-23/h5-9,14H,2-4,10-13H2,1H3,(H,21,24). The smallest absolute Gasteiger partial charge is 0.264 e. The molecule has 9 heteroatoms. The third-order valence-electron chi connectivity index (χ3n) is 4.82. The molecule has 1 saturated heterocycles. The van der Waals surface area contributed by atoms with Crippen LogP contribution in [0, 0.1) is 0 Å². The topological polar surface area (TPSA) is 69.7 Å². The summed E-state index contributed by atoms with van der Waals surface area (Å²) in [6, 6.07) is 7.63. The highest BCUT2D eigenvalue weighted by atomic mass is 35.5. The number of carbonyl (C=O) groups is 1. The number of sulfonamides is 1. The SMILES string of the molecule is CN(c1ccsc1C(=O)NCCN1CCCCC1)S(=O)(=O)c1ccc(Cl)cc1. The second-order valence-electron chi connectivity index (χ2n) is 6.72. The van der Waals surface area contributed by atoms with Gasteiger partial charge < -0.3 is 10.2 Å². The van der Waals surface area contributed by atoms with Gasteiger partial charge in [-0.15, -0.1) is 11.3 Å². The number of likely N-dealkylation sites (tertiary alicyclic amines) is 1. The lowest BCUT2D eigenvalue weighted by atomic mass is 10.1. The highest BCUT2D eigenvalue weighted by Crippen LogP contribution is 2.30. The summed E-state index contributed by atoms with van der Waals surface area (Å²) in [4.78, 5) is 15.5. The van der Waals surface area contributed by atoms with Crippen molar-refractivity contribution in [2.24, 2.45) is 0 Å². The van der Waals surface area contributed by atoms with Gasteiger partial charge >= 0.3 is 0 Å². The molecule has 6 nitrogen and oxygen atoms in total. The number of hydrogen-bond acceptors (Lipinski definition) is 5. The predicted molar refractivity (Wildman–Crippen MR) is 114 cm³/mol. The monoisotopic (exact) mass is 441 g/mol. The number of nitrogens with zero attached hydrogens (tertiary/aromatic N) is 2. The summed E-state index contributed by atoms with van der Waals surface area (Å²) in [7, 11) is -2.32. The van der Waals surface area contributed by atoms with Crippen LogP contribution in [0.15, 0.2) is 40.6 Å². The minimum absolute atomic E-state index is 0.127. The quantitative estimate of drug-likeness (QED) is 0.714. The van der Waals surface area contributed by atoms with Gasteiger partial charge in [0.15, 0.2) is 0 Å². The van der Waals surface area contributed by atoms with Crippen LogP contribution < -0.4 is 9.62 Å². The minimum Gasteiger partial charge on any atom is -0.350 e. The van der Waals surface area contributed by atoms with Crippen LogP contribution >= 0.6 is 22.9 Å². The van der Waals surface area contributed by atoms with Crippen LogP contribution in [-0.2, 0) is 10.0 Å². The lowest BCUT2D eigenvalue weighted by Gasteiger charge is -2.26. The molecule has 0 spiro atoms. The van der Waals surface area contributed by atoms with E-state index in [0.717, 1.165) is 23.9 Å². The number of nitrogens with one attached hydrogen (secondary N) is 1. The molecule has 1 aromatic carbocycles. The molecule has 0 atom stereocenters. The zero-order chi connectivity index (χ0) is 20.1. The Labute approximate surface area is 175 Å². The number of piperidine rings is 1. The van der Waals surface area contributed by atoms with Gasteiger partial charge in [-0.3, -0.25) is 9.10 Å². The van der Waals surface area contributed by atoms with E-state index in [0.29, 0.717) is 22.1 Å². The average molecular weight is 442 g/mol. The van der Waals surface area contributed by atoms with Gasteiger partial charge in [0.05, 0.1) is 10.6 Å². The molecule has 0 aliphatic carbocycles. The molecule has 0 radical (unpaired) electrons. The number of thiophene rings is 1. The van der Waals surface area contributed by atoms with Gasteiger partial charge in [0.1, 0.15) is 4.88 Å². The molecule has 1 amide bonds. The number of rotatable bonds is 7. The average Bonchev–Trinajstić information content (AvgIpc) is 3.18. The lowest BCUT2D eigenvalue weighted by Crippen LogP contribution is -2.38. The Morgan fingerprint density at radius 2 is 1.86 bits per heavy atom. The van der Waals surface area contributed by atoms with E-state index in [1.807, 2.05) is 0 Å². The van der Waals surface area contributed by atoms with E-state index in [1.165, 1.54) is 61.9 Å². The molecular formula is C19H24ClN3O3S2. The van der Waals surface area contributed by atoms with Gasteiger partial charge in [-0.1, -0.05) is 18.0 Å². The van der Waals surface area contributed by atoms with Crippen molar-refractivity contribution in [1.29, 1.82) is 0 Å². The van der Waals surface area contributed by atoms with Crippen LogP contribution in [0.25, 0.3) is 0 Å². The second-order valence-corrected chi connectivity index (χ2v) is 10.0. The Bertz CT molecular complexity index is 907. The first-order valence-electron chi connectivity index (χ1n) is 9.22. The van der Waals surface area contributed by atoms with Crippen LogP contribution in [0.5, 0.6) is 0 Å². The van der Waals surface area contributed by atoms with Crippen molar-refractivity contribution in [3.05, 3.63) is 45.6 Å². The van der Waals surface area contributed by atoms with E-state index in [9.17, 15) is 13.2 Å². The predicted octanol–water partition coefficient (Wildman–Crippen LogP) is 3.44. The summed E-state index contributed by atoms with van der Waals surface area (Å²) in [5.74, 6) is -0.250. The number of anilines is 1. The Morgan fingerprint density at radius 1 is 1.18 bits per heavy atom. The first-order valence-corrected chi connectivity index (χ1v) is 11.9. The van der Waals surface area contributed by atoms with Crippen molar-refractivity contribution >= 4 is 44.6 Å². The second kappa shape index (κ2) is 9.26. The molecule has 2 heterocycles. The van der Waals surface area contributed by atoms with Crippen molar-refractivity contribution < 1.29 is 13.2 Å². The van der Waals surface area contributed by atoms with Crippen molar-refractivity contribution in [1.82, 2.24) is 10.2 Å². The third kappa shape index (κ3) is 4.86. The van der Waals surface area contributed by atoms with E-state index in [2.05, 4.69) is 10.2 Å². The molecule has 0 unspecified atom stereocenters. The van der Waals surface area contributed by atoms with Crippen molar-refractivity contribution in [3.63, 3.8) is 0 Å². The van der Waals surface area contributed by atoms with Gasteiger partial charge in [0.2, 0.25) is 0 Å². The fourth-order valence-corrected chi connectivity index (χ4v) is 5.43. The largest absolute Gasteiger partial charge is 0.350 e. The van der Waals surface area contributed by atoms with Gasteiger partial charge in [0.25, 0.3) is 15.9 Å². The first kappa shape index (κ1) is 21.1. The Hall–Kier alpha value is -1.61. The molecule has 1 aliphatic heterocycles. The summed E-state index contributed by atoms with van der Waals surface area (Å²) < 4.78 is 26.9. The molecular weight excluding hydrogens is 418 g/mol. The van der Waals surface area contributed by atoms with E-state index in [1.54, 1.807) is 11.4 Å². The number of carbonyl (C=O) groups excluding carboxylic acids is 1. The Morgan fingerprint density at radius 3 is 2.54 bits per heavy atom. The molecule has 1 aliphatic rings. The molecule has 1 N–H and O–H groups in total. The highest BCUT2D eigenvalue weighted by Gasteiger charge is 2.26. The van der Waals surface area contributed by atoms with Crippen molar-refractivity contribution in [2.75, 3.05) is 37.5 Å². The lowest BCUT2D eigenvalue weighted by molar-refractivity contribution is 0.0951. The number of amides is 1. The van der Waals surface area contributed by atoms with Crippen LogP contribution in [-0.4, -0.2) is 52.5 Å². The Kier molecular flexibility index (Phi) is 6.98. The zero-order valence-corrected chi connectivity index (χ0v) is 18.1. The van der Waals surface area contributed by atoms with Gasteiger partial charge in [-0.25, -0.2) is 8.42 Å². The maximum absolute atomic E-state index is 12.9. The molecule has 3 rings (SSSR count). The number of benzene rings is 1. The molecule has 2 aromatic rings. The van der Waals surface area contributed by atoms with E-state index < -0.39 is 10.0 Å². The molecule has 0 saturated carbocycles. The van der Waals surface area contributed by atoms with Crippen molar-refractivity contribution in [2.45, 2.75) is 24.2 Å². The van der Waals surface area contributed by atoms with E-state index >= 15 is 0 Å². The van der Waals surface area contributed by atoms with Crippen LogP contribution in [0.1, 0.15) is 28.9 Å². The maximum atomic E-state index is 12.9. The van der Waals surface area contributed by atoms with Gasteiger partial charge in [0, 0.05) is 25.2 Å². The molecule has 152 valence electrons. The van der Waals surface area contributed by atoms with Crippen LogP contribution in [0.3, 0.4) is 0 Å². The molecule has 28 heavy (non-hydrogen) atoms. The molecule has 1 fully saturated rings. The minimum atomic E-state index is -3.78. The van der Waals surface area contributed by atoms with Gasteiger partial charge in [-0.05, 0) is 61.6 Å². The van der Waals surface area contributed by atoms with Crippen molar-refractivity contribution in [3.8, 4) is 0 Å². The van der Waals surface area contributed by atoms with E-state index in [-0.39, 0.29) is 10.8 Å². The molecule has 0 bridgehead atoms. The van der Waals surface area contributed by atoms with Crippen LogP contribution in [0.2, 0.25) is 5.02 Å². The third-order valence-corrected chi connectivity index (χ3v) is 7.76. The summed E-state index contributed by atoms with van der Waals surface area (Å²) in [5.41, 5.74) is 0.371. The summed E-state index contributed by atoms with van der Waals surface area (Å²) >= 11 is 7.08. The fraction of sp³-hybridized carbons (Fsp3) is 0.421.